The molecule has 0 aliphatic carbocycles. The summed E-state index contributed by atoms with van der Waals surface area (Å²) in [6.07, 6.45) is 0. The van der Waals surface area contributed by atoms with Crippen LogP contribution in [0.25, 0.3) is 0 Å². The van der Waals surface area contributed by atoms with Gasteiger partial charge in [0.05, 0.1) is 16.5 Å². The molecule has 0 amide bonds. The van der Waals surface area contributed by atoms with Gasteiger partial charge in [0, 0.05) is 0 Å². The summed E-state index contributed by atoms with van der Waals surface area (Å²) in [7, 11) is 0. The van der Waals surface area contributed by atoms with E-state index >= 15 is 0 Å². The fourth-order valence-corrected chi connectivity index (χ4v) is 1.28. The van der Waals surface area contributed by atoms with E-state index in [-0.39, 0.29) is 61.4 Å². The molecule has 0 atom stereocenters. The van der Waals surface area contributed by atoms with Crippen LogP contribution in [0.2, 0.25) is 0 Å². The Balaban J connectivity index is 0.000001000. The maximum Gasteiger partial charge on any atom is 1.00 e. The summed E-state index contributed by atoms with van der Waals surface area (Å²) >= 11 is 0.927. The maximum atomic E-state index is 10.2. The molecule has 0 aliphatic rings. The van der Waals surface area contributed by atoms with Crippen molar-refractivity contribution in [1.29, 1.82) is 0 Å². The third kappa shape index (κ3) is 2.81. The van der Waals surface area contributed by atoms with Crippen LogP contribution in [0.15, 0.2) is 0 Å². The van der Waals surface area contributed by atoms with Gasteiger partial charge < -0.3 is 15.6 Å². The normalized spacial score (nSPS) is 8.82. The van der Waals surface area contributed by atoms with Gasteiger partial charge in [-0.3, -0.25) is 0 Å². The number of aryl methyl sites for hydroxylation is 1. The quantitative estimate of drug-likeness (QED) is 0.471. The molecule has 1 aromatic heterocycles. The largest absolute Gasteiger partial charge is 1.00 e. The first-order valence-corrected chi connectivity index (χ1v) is 3.37. The summed E-state index contributed by atoms with van der Waals surface area (Å²) in [5.74, 6) is -1.22. The van der Waals surface area contributed by atoms with Crippen LogP contribution in [0, 0.1) is 6.92 Å². The van der Waals surface area contributed by atoms with E-state index in [0.29, 0.717) is 5.69 Å². The predicted octanol–water partition coefficient (Wildman–Crippen LogP) is -3.60. The van der Waals surface area contributed by atoms with Crippen molar-refractivity contribution >= 4 is 22.4 Å². The average Bonchev–Trinajstić information content (AvgIpc) is 2.10. The van der Waals surface area contributed by atoms with Gasteiger partial charge >= 0.3 is 51.4 Å². The second-order valence-electron chi connectivity index (χ2n) is 1.75. The smallest absolute Gasteiger partial charge is 0.544 e. The summed E-state index contributed by atoms with van der Waals surface area (Å²) in [4.78, 5) is 14.1. The van der Waals surface area contributed by atoms with Crippen LogP contribution in [-0.2, 0) is 0 Å². The van der Waals surface area contributed by atoms with Crippen molar-refractivity contribution in [1.82, 2.24) is 4.98 Å². The number of carboxylic acid groups (broad SMARTS) is 1. The Morgan fingerprint density at radius 3 is 2.45 bits per heavy atom. The molecule has 54 valence electrons. The first kappa shape index (κ1) is 11.5. The molecular weight excluding hydrogens is 191 g/mol. The van der Waals surface area contributed by atoms with Crippen molar-refractivity contribution in [2.24, 2.45) is 0 Å². The third-order valence-electron chi connectivity index (χ3n) is 0.999. The van der Waals surface area contributed by atoms with Gasteiger partial charge in [0.15, 0.2) is 5.13 Å². The first-order chi connectivity index (χ1) is 4.61. The van der Waals surface area contributed by atoms with Gasteiger partial charge in [-0.05, 0) is 6.92 Å². The molecule has 4 nitrogen and oxygen atoms in total. The topological polar surface area (TPSA) is 79.0 Å². The molecule has 11 heavy (non-hydrogen) atoms. The molecule has 0 aromatic carbocycles. The van der Waals surface area contributed by atoms with Gasteiger partial charge in [-0.2, -0.15) is 0 Å². The molecule has 0 radical (unpaired) electrons. The number of carboxylic acids is 1. The number of nitrogens with two attached hydrogens (primary N) is 1. The molecule has 0 unspecified atom stereocenters. The van der Waals surface area contributed by atoms with Crippen molar-refractivity contribution < 1.29 is 61.3 Å². The van der Waals surface area contributed by atoms with E-state index in [2.05, 4.69) is 4.98 Å². The molecule has 2 N–H and O–H groups in total. The molecule has 0 saturated carbocycles. The van der Waals surface area contributed by atoms with E-state index in [4.69, 9.17) is 5.73 Å². The van der Waals surface area contributed by atoms with Gasteiger partial charge in [-0.25, -0.2) is 4.98 Å². The minimum absolute atomic E-state index is 0. The predicted molar refractivity (Wildman–Crippen MR) is 35.6 cm³/mol. The van der Waals surface area contributed by atoms with Crippen LogP contribution in [0.4, 0.5) is 5.13 Å². The van der Waals surface area contributed by atoms with Crippen molar-refractivity contribution in [3.8, 4) is 0 Å². The summed E-state index contributed by atoms with van der Waals surface area (Å²) in [6, 6.07) is 0. The number of hydrogen-bond acceptors (Lipinski definition) is 5. The summed E-state index contributed by atoms with van der Waals surface area (Å²) in [5.41, 5.74) is 5.65. The number of carbonyl (C=O) groups excluding carboxylic acids is 1. The molecule has 0 spiro atoms. The van der Waals surface area contributed by atoms with Crippen LogP contribution in [-0.4, -0.2) is 11.0 Å². The number of rotatable bonds is 1. The number of hydrogen-bond donors (Lipinski definition) is 1. The van der Waals surface area contributed by atoms with E-state index in [1.54, 1.807) is 6.92 Å². The molecular formula is C5H5KN2O2S. The summed E-state index contributed by atoms with van der Waals surface area (Å²) in [5, 5.41) is 10.5. The van der Waals surface area contributed by atoms with Gasteiger partial charge in [0.1, 0.15) is 0 Å². The minimum Gasteiger partial charge on any atom is -0.544 e. The Morgan fingerprint density at radius 1 is 1.73 bits per heavy atom. The molecule has 1 heterocycles. The molecule has 1 rings (SSSR count). The van der Waals surface area contributed by atoms with Crippen molar-refractivity contribution in [2.45, 2.75) is 6.92 Å². The monoisotopic (exact) mass is 196 g/mol. The van der Waals surface area contributed by atoms with Crippen molar-refractivity contribution in [3.63, 3.8) is 0 Å². The summed E-state index contributed by atoms with van der Waals surface area (Å²) in [6.45, 7) is 1.58. The second kappa shape index (κ2) is 4.53. The zero-order chi connectivity index (χ0) is 7.72. The van der Waals surface area contributed by atoms with Crippen LogP contribution in [0.5, 0.6) is 0 Å². The SMILES string of the molecule is Cc1nc(N)sc1C(=O)[O-].[K+]. The third-order valence-corrected chi connectivity index (χ3v) is 1.97. The van der Waals surface area contributed by atoms with E-state index in [9.17, 15) is 9.90 Å². The van der Waals surface area contributed by atoms with E-state index < -0.39 is 5.97 Å². The molecule has 0 fully saturated rings. The molecule has 0 saturated heterocycles. The van der Waals surface area contributed by atoms with Crippen LogP contribution in [0.1, 0.15) is 15.4 Å². The van der Waals surface area contributed by atoms with Crippen LogP contribution >= 0.6 is 11.3 Å². The standard InChI is InChI=1S/C5H6N2O2S.K/c1-2-3(4(8)9)10-5(6)7-2;/h1H3,(H2,6,7)(H,8,9);/q;+1/p-1. The molecule has 0 bridgehead atoms. The van der Waals surface area contributed by atoms with E-state index in [0.717, 1.165) is 11.3 Å². The number of carbonyl (C=O) groups is 1. The number of aromatic carboxylic acids is 1. The summed E-state index contributed by atoms with van der Waals surface area (Å²) < 4.78 is 0. The van der Waals surface area contributed by atoms with Crippen molar-refractivity contribution in [3.05, 3.63) is 10.6 Å². The number of nitrogens with zero attached hydrogens (tertiary/aromatic N) is 1. The fraction of sp³-hybridized carbons (Fsp3) is 0.200. The molecule has 0 aliphatic heterocycles. The van der Waals surface area contributed by atoms with Crippen molar-refractivity contribution in [2.75, 3.05) is 5.73 Å². The van der Waals surface area contributed by atoms with Gasteiger partial charge in [0.2, 0.25) is 0 Å². The van der Waals surface area contributed by atoms with Gasteiger partial charge in [-0.1, -0.05) is 11.3 Å². The number of thiazole rings is 1. The fourth-order valence-electron chi connectivity index (χ4n) is 0.607. The maximum absolute atomic E-state index is 10.2. The Morgan fingerprint density at radius 2 is 2.27 bits per heavy atom. The number of aromatic nitrogens is 1. The second-order valence-corrected chi connectivity index (χ2v) is 2.78. The molecule has 1 aromatic rings. The van der Waals surface area contributed by atoms with Crippen LogP contribution < -0.4 is 62.2 Å². The Labute approximate surface area is 110 Å². The number of anilines is 1. The molecule has 6 heteroatoms. The van der Waals surface area contributed by atoms with E-state index in [1.165, 1.54) is 0 Å². The Kier molecular flexibility index (Phi) is 4.76. The Bertz CT molecular complexity index is 273. The van der Waals surface area contributed by atoms with Crippen LogP contribution in [0.3, 0.4) is 0 Å². The Hall–Kier alpha value is 0.536. The van der Waals surface area contributed by atoms with E-state index in [1.807, 2.05) is 0 Å². The first-order valence-electron chi connectivity index (χ1n) is 2.55. The van der Waals surface area contributed by atoms with Gasteiger partial charge in [0.25, 0.3) is 0 Å². The van der Waals surface area contributed by atoms with Gasteiger partial charge in [-0.15, -0.1) is 0 Å². The minimum atomic E-state index is -1.22. The zero-order valence-electron chi connectivity index (χ0n) is 6.25. The average molecular weight is 196 g/mol. The number of nitrogen functional groups attached to an aromatic ring is 1. The zero-order valence-corrected chi connectivity index (χ0v) is 10.2.